The molecule has 3 rings (SSSR count). The molecule has 1 fully saturated rings. The standard InChI is InChI=1S/C14H15NO2/c1-10-8-12(14-9-16-6-7-17-14)11-4-2-3-5-13(11)15-10/h2-5,8,14H,6-7,9H2,1H3/t14-/m0/s1. The molecule has 0 radical (unpaired) electrons. The SMILES string of the molecule is Cc1cc([C@@H]2COCCO2)c2ccccc2n1. The third kappa shape index (κ3) is 2.04. The molecule has 0 N–H and O–H groups in total. The molecule has 88 valence electrons. The third-order valence-corrected chi connectivity index (χ3v) is 3.04. The van der Waals surface area contributed by atoms with Crippen molar-refractivity contribution in [3.05, 3.63) is 41.6 Å². The lowest BCUT2D eigenvalue weighted by molar-refractivity contribution is -0.0896. The summed E-state index contributed by atoms with van der Waals surface area (Å²) in [6.07, 6.45) is 0.0374. The molecule has 2 aromatic rings. The van der Waals surface area contributed by atoms with E-state index >= 15 is 0 Å². The third-order valence-electron chi connectivity index (χ3n) is 3.04. The van der Waals surface area contributed by atoms with Gasteiger partial charge >= 0.3 is 0 Å². The molecule has 0 unspecified atom stereocenters. The van der Waals surface area contributed by atoms with Gasteiger partial charge in [0.25, 0.3) is 0 Å². The predicted octanol–water partition coefficient (Wildman–Crippen LogP) is 2.63. The zero-order chi connectivity index (χ0) is 11.7. The molecular weight excluding hydrogens is 214 g/mol. The maximum atomic E-state index is 5.77. The van der Waals surface area contributed by atoms with E-state index in [1.807, 2.05) is 25.1 Å². The molecule has 1 aromatic carbocycles. The first kappa shape index (κ1) is 10.7. The molecule has 17 heavy (non-hydrogen) atoms. The van der Waals surface area contributed by atoms with E-state index in [2.05, 4.69) is 17.1 Å². The number of benzene rings is 1. The summed E-state index contributed by atoms with van der Waals surface area (Å²) in [7, 11) is 0. The minimum atomic E-state index is 0.0374. The molecule has 3 nitrogen and oxygen atoms in total. The number of hydrogen-bond acceptors (Lipinski definition) is 3. The first-order valence-electron chi connectivity index (χ1n) is 5.90. The van der Waals surface area contributed by atoms with Gasteiger partial charge in [0.1, 0.15) is 6.10 Å². The highest BCUT2D eigenvalue weighted by Crippen LogP contribution is 2.28. The van der Waals surface area contributed by atoms with Crippen LogP contribution in [-0.4, -0.2) is 24.8 Å². The van der Waals surface area contributed by atoms with E-state index in [0.717, 1.165) is 16.6 Å². The number of aryl methyl sites for hydroxylation is 1. The number of para-hydroxylation sites is 1. The van der Waals surface area contributed by atoms with Crippen molar-refractivity contribution in [1.29, 1.82) is 0 Å². The van der Waals surface area contributed by atoms with Crippen LogP contribution in [0.1, 0.15) is 17.4 Å². The second-order valence-corrected chi connectivity index (χ2v) is 4.30. The molecule has 0 spiro atoms. The van der Waals surface area contributed by atoms with Gasteiger partial charge in [0, 0.05) is 11.1 Å². The first-order chi connectivity index (χ1) is 8.34. The van der Waals surface area contributed by atoms with E-state index in [1.54, 1.807) is 0 Å². The average Bonchev–Trinajstić information content (AvgIpc) is 2.39. The summed E-state index contributed by atoms with van der Waals surface area (Å²) in [4.78, 5) is 4.53. The van der Waals surface area contributed by atoms with Crippen molar-refractivity contribution in [2.75, 3.05) is 19.8 Å². The van der Waals surface area contributed by atoms with E-state index in [9.17, 15) is 0 Å². The first-order valence-corrected chi connectivity index (χ1v) is 5.90. The van der Waals surface area contributed by atoms with Crippen LogP contribution in [0.3, 0.4) is 0 Å². The van der Waals surface area contributed by atoms with Crippen LogP contribution < -0.4 is 0 Å². The molecule has 0 aliphatic carbocycles. The summed E-state index contributed by atoms with van der Waals surface area (Å²) >= 11 is 0. The highest BCUT2D eigenvalue weighted by atomic mass is 16.6. The van der Waals surface area contributed by atoms with Crippen LogP contribution in [0.15, 0.2) is 30.3 Å². The Balaban J connectivity index is 2.13. The van der Waals surface area contributed by atoms with Gasteiger partial charge in [-0.05, 0) is 24.6 Å². The van der Waals surface area contributed by atoms with Crippen LogP contribution in [0.25, 0.3) is 10.9 Å². The lowest BCUT2D eigenvalue weighted by atomic mass is 10.0. The summed E-state index contributed by atoms with van der Waals surface area (Å²) in [5.41, 5.74) is 3.23. The molecule has 0 amide bonds. The van der Waals surface area contributed by atoms with Crippen molar-refractivity contribution >= 4 is 10.9 Å². The highest BCUT2D eigenvalue weighted by molar-refractivity contribution is 5.82. The largest absolute Gasteiger partial charge is 0.376 e. The normalized spacial score (nSPS) is 20.6. The molecule has 1 aliphatic rings. The number of nitrogens with zero attached hydrogens (tertiary/aromatic N) is 1. The van der Waals surface area contributed by atoms with Crippen molar-refractivity contribution in [2.45, 2.75) is 13.0 Å². The zero-order valence-corrected chi connectivity index (χ0v) is 9.85. The molecule has 1 atom stereocenters. The second-order valence-electron chi connectivity index (χ2n) is 4.30. The fourth-order valence-corrected chi connectivity index (χ4v) is 2.27. The lowest BCUT2D eigenvalue weighted by Crippen LogP contribution is -2.22. The number of ether oxygens (including phenoxy) is 2. The van der Waals surface area contributed by atoms with Crippen molar-refractivity contribution in [1.82, 2.24) is 4.98 Å². The van der Waals surface area contributed by atoms with Crippen molar-refractivity contribution in [3.8, 4) is 0 Å². The molecule has 2 heterocycles. The van der Waals surface area contributed by atoms with Crippen LogP contribution in [0.5, 0.6) is 0 Å². The monoisotopic (exact) mass is 229 g/mol. The molecule has 1 saturated heterocycles. The number of rotatable bonds is 1. The predicted molar refractivity (Wildman–Crippen MR) is 66.0 cm³/mol. The Morgan fingerprint density at radius 3 is 2.94 bits per heavy atom. The van der Waals surface area contributed by atoms with Crippen molar-refractivity contribution < 1.29 is 9.47 Å². The fraction of sp³-hybridized carbons (Fsp3) is 0.357. The smallest absolute Gasteiger partial charge is 0.107 e. The number of fused-ring (bicyclic) bond motifs is 1. The molecule has 1 aliphatic heterocycles. The van der Waals surface area contributed by atoms with Gasteiger partial charge in [-0.25, -0.2) is 0 Å². The Labute approximate surface area is 100 Å². The Bertz CT molecular complexity index is 533. The Hall–Kier alpha value is -1.45. The Morgan fingerprint density at radius 2 is 2.12 bits per heavy atom. The quantitative estimate of drug-likeness (QED) is 0.753. The number of aromatic nitrogens is 1. The van der Waals surface area contributed by atoms with Crippen molar-refractivity contribution in [2.24, 2.45) is 0 Å². The van der Waals surface area contributed by atoms with E-state index < -0.39 is 0 Å². The number of pyridine rings is 1. The summed E-state index contributed by atoms with van der Waals surface area (Å²) < 4.78 is 11.3. The van der Waals surface area contributed by atoms with Crippen molar-refractivity contribution in [3.63, 3.8) is 0 Å². The average molecular weight is 229 g/mol. The van der Waals surface area contributed by atoms with Gasteiger partial charge in [-0.15, -0.1) is 0 Å². The molecule has 1 aromatic heterocycles. The molecular formula is C14H15NO2. The maximum Gasteiger partial charge on any atom is 0.107 e. The van der Waals surface area contributed by atoms with Gasteiger partial charge in [-0.1, -0.05) is 18.2 Å². The Kier molecular flexibility index (Phi) is 2.79. The van der Waals surface area contributed by atoms with Gasteiger partial charge in [0.2, 0.25) is 0 Å². The second kappa shape index (κ2) is 4.43. The lowest BCUT2D eigenvalue weighted by Gasteiger charge is -2.24. The summed E-state index contributed by atoms with van der Waals surface area (Å²) in [6, 6.07) is 10.3. The van der Waals surface area contributed by atoms with E-state index in [1.165, 1.54) is 5.56 Å². The van der Waals surface area contributed by atoms with Gasteiger partial charge in [0.15, 0.2) is 0 Å². The van der Waals surface area contributed by atoms with Crippen LogP contribution in [0.4, 0.5) is 0 Å². The maximum absolute atomic E-state index is 5.77. The van der Waals surface area contributed by atoms with Crippen LogP contribution in [-0.2, 0) is 9.47 Å². The Morgan fingerprint density at radius 1 is 1.24 bits per heavy atom. The summed E-state index contributed by atoms with van der Waals surface area (Å²) in [6.45, 7) is 4.01. The van der Waals surface area contributed by atoms with E-state index in [0.29, 0.717) is 19.8 Å². The number of hydrogen-bond donors (Lipinski definition) is 0. The summed E-state index contributed by atoms with van der Waals surface area (Å²) in [5.74, 6) is 0. The van der Waals surface area contributed by atoms with Gasteiger partial charge < -0.3 is 9.47 Å². The molecule has 0 saturated carbocycles. The van der Waals surface area contributed by atoms with Gasteiger partial charge in [-0.3, -0.25) is 4.98 Å². The van der Waals surface area contributed by atoms with Gasteiger partial charge in [-0.2, -0.15) is 0 Å². The highest BCUT2D eigenvalue weighted by Gasteiger charge is 2.19. The fourth-order valence-electron chi connectivity index (χ4n) is 2.27. The summed E-state index contributed by atoms with van der Waals surface area (Å²) in [5, 5.41) is 1.16. The topological polar surface area (TPSA) is 31.4 Å². The van der Waals surface area contributed by atoms with Crippen LogP contribution in [0, 0.1) is 6.92 Å². The van der Waals surface area contributed by atoms with Crippen LogP contribution >= 0.6 is 0 Å². The molecule has 0 bridgehead atoms. The zero-order valence-electron chi connectivity index (χ0n) is 9.85. The minimum absolute atomic E-state index is 0.0374. The van der Waals surface area contributed by atoms with Gasteiger partial charge in [0.05, 0.1) is 25.3 Å². The van der Waals surface area contributed by atoms with Crippen LogP contribution in [0.2, 0.25) is 0 Å². The van der Waals surface area contributed by atoms with E-state index in [4.69, 9.17) is 9.47 Å². The molecule has 3 heteroatoms. The van der Waals surface area contributed by atoms with E-state index in [-0.39, 0.29) is 6.10 Å². The minimum Gasteiger partial charge on any atom is -0.376 e.